The molecular formula is C8H10N2O. The molecule has 3 nitrogen and oxygen atoms in total. The van der Waals surface area contributed by atoms with E-state index in [-0.39, 0.29) is 0 Å². The van der Waals surface area contributed by atoms with Gasteiger partial charge in [0.2, 0.25) is 5.88 Å². The van der Waals surface area contributed by atoms with E-state index in [1.54, 1.807) is 18.8 Å². The largest absolute Gasteiger partial charge is 0.480 e. The summed E-state index contributed by atoms with van der Waals surface area (Å²) >= 11 is 0. The molecule has 0 N–H and O–H groups in total. The van der Waals surface area contributed by atoms with E-state index in [0.717, 1.165) is 11.3 Å². The molecule has 58 valence electrons. The fourth-order valence-corrected chi connectivity index (χ4v) is 1.04. The molecule has 0 aliphatic heterocycles. The second kappa shape index (κ2) is 2.67. The van der Waals surface area contributed by atoms with Crippen LogP contribution in [0.2, 0.25) is 0 Å². The number of rotatable bonds is 1. The van der Waals surface area contributed by atoms with E-state index in [0.29, 0.717) is 5.88 Å². The van der Waals surface area contributed by atoms with Crippen LogP contribution in [0.1, 0.15) is 11.3 Å². The van der Waals surface area contributed by atoms with E-state index < -0.39 is 0 Å². The molecule has 0 spiro atoms. The SMILES string of the molecule is C#Cc1c(C)nn(C)c1OC. The van der Waals surface area contributed by atoms with Crippen molar-refractivity contribution in [2.24, 2.45) is 7.05 Å². The Balaban J connectivity index is 3.31. The van der Waals surface area contributed by atoms with Gasteiger partial charge in [0.05, 0.1) is 12.8 Å². The predicted molar refractivity (Wildman–Crippen MR) is 42.4 cm³/mol. The van der Waals surface area contributed by atoms with Crippen molar-refractivity contribution >= 4 is 0 Å². The molecular weight excluding hydrogens is 140 g/mol. The first-order chi connectivity index (χ1) is 5.20. The van der Waals surface area contributed by atoms with Gasteiger partial charge in [0, 0.05) is 7.05 Å². The van der Waals surface area contributed by atoms with Gasteiger partial charge in [-0.25, -0.2) is 4.68 Å². The summed E-state index contributed by atoms with van der Waals surface area (Å²) in [7, 11) is 3.38. The third-order valence-corrected chi connectivity index (χ3v) is 1.51. The summed E-state index contributed by atoms with van der Waals surface area (Å²) in [6, 6.07) is 0. The van der Waals surface area contributed by atoms with Crippen LogP contribution in [-0.2, 0) is 7.05 Å². The van der Waals surface area contributed by atoms with Crippen LogP contribution in [0.25, 0.3) is 0 Å². The normalized spacial score (nSPS) is 9.27. The highest BCUT2D eigenvalue weighted by Gasteiger charge is 2.10. The Morgan fingerprint density at radius 1 is 1.64 bits per heavy atom. The van der Waals surface area contributed by atoms with Crippen molar-refractivity contribution in [3.05, 3.63) is 11.3 Å². The summed E-state index contributed by atoms with van der Waals surface area (Å²) < 4.78 is 6.68. The molecule has 0 aliphatic carbocycles. The molecule has 0 unspecified atom stereocenters. The molecule has 0 fully saturated rings. The second-order valence-electron chi connectivity index (χ2n) is 2.24. The van der Waals surface area contributed by atoms with E-state index >= 15 is 0 Å². The smallest absolute Gasteiger partial charge is 0.227 e. The Labute approximate surface area is 66.0 Å². The lowest BCUT2D eigenvalue weighted by molar-refractivity contribution is 0.372. The fourth-order valence-electron chi connectivity index (χ4n) is 1.04. The number of hydrogen-bond donors (Lipinski definition) is 0. The minimum Gasteiger partial charge on any atom is -0.480 e. The van der Waals surface area contributed by atoms with Crippen LogP contribution < -0.4 is 4.74 Å². The van der Waals surface area contributed by atoms with Crippen molar-refractivity contribution in [3.8, 4) is 18.2 Å². The Bertz CT molecular complexity index is 307. The topological polar surface area (TPSA) is 27.1 Å². The molecule has 0 aliphatic rings. The van der Waals surface area contributed by atoms with Gasteiger partial charge in [0.25, 0.3) is 0 Å². The van der Waals surface area contributed by atoms with Crippen molar-refractivity contribution in [3.63, 3.8) is 0 Å². The van der Waals surface area contributed by atoms with Gasteiger partial charge in [-0.15, -0.1) is 6.42 Å². The number of aromatic nitrogens is 2. The summed E-state index contributed by atoms with van der Waals surface area (Å²) in [6.45, 7) is 1.86. The van der Waals surface area contributed by atoms with Gasteiger partial charge in [-0.1, -0.05) is 5.92 Å². The number of hydrogen-bond acceptors (Lipinski definition) is 2. The third kappa shape index (κ3) is 1.07. The lowest BCUT2D eigenvalue weighted by Gasteiger charge is -1.98. The van der Waals surface area contributed by atoms with E-state index in [4.69, 9.17) is 11.2 Å². The van der Waals surface area contributed by atoms with Gasteiger partial charge in [-0.05, 0) is 6.92 Å². The summed E-state index contributed by atoms with van der Waals surface area (Å²) in [4.78, 5) is 0. The number of ether oxygens (including phenoxy) is 1. The maximum absolute atomic E-state index is 5.26. The maximum Gasteiger partial charge on any atom is 0.227 e. The van der Waals surface area contributed by atoms with E-state index in [1.165, 1.54) is 0 Å². The average molecular weight is 150 g/mol. The monoisotopic (exact) mass is 150 g/mol. The molecule has 1 aromatic rings. The standard InChI is InChI=1S/C8H10N2O/c1-5-7-6(2)9-10(3)8(7)11-4/h1H,2-4H3. The highest BCUT2D eigenvalue weighted by molar-refractivity contribution is 5.44. The van der Waals surface area contributed by atoms with Gasteiger partial charge in [-0.3, -0.25) is 0 Å². The van der Waals surface area contributed by atoms with Crippen LogP contribution in [0, 0.1) is 19.3 Å². The summed E-state index contributed by atoms with van der Waals surface area (Å²) in [6.07, 6.45) is 5.26. The number of methoxy groups -OCH3 is 1. The van der Waals surface area contributed by atoms with Crippen LogP contribution in [0.15, 0.2) is 0 Å². The molecule has 1 aromatic heterocycles. The first kappa shape index (κ1) is 7.67. The van der Waals surface area contributed by atoms with Crippen LogP contribution in [0.5, 0.6) is 5.88 Å². The quantitative estimate of drug-likeness (QED) is 0.551. The van der Waals surface area contributed by atoms with Gasteiger partial charge >= 0.3 is 0 Å². The van der Waals surface area contributed by atoms with Gasteiger partial charge < -0.3 is 4.74 Å². The summed E-state index contributed by atoms with van der Waals surface area (Å²) in [5.74, 6) is 3.17. The molecule has 1 heterocycles. The summed E-state index contributed by atoms with van der Waals surface area (Å²) in [5.41, 5.74) is 1.56. The number of terminal acetylenes is 1. The minimum absolute atomic E-state index is 0.644. The van der Waals surface area contributed by atoms with Crippen LogP contribution in [0.4, 0.5) is 0 Å². The molecule has 11 heavy (non-hydrogen) atoms. The third-order valence-electron chi connectivity index (χ3n) is 1.51. The Hall–Kier alpha value is -1.43. The molecule has 0 bridgehead atoms. The zero-order chi connectivity index (χ0) is 8.43. The maximum atomic E-state index is 5.26. The Morgan fingerprint density at radius 3 is 2.64 bits per heavy atom. The second-order valence-corrected chi connectivity index (χ2v) is 2.24. The zero-order valence-electron chi connectivity index (χ0n) is 6.88. The lowest BCUT2D eigenvalue weighted by Crippen LogP contribution is -1.95. The first-order valence-corrected chi connectivity index (χ1v) is 3.25. The van der Waals surface area contributed by atoms with E-state index in [2.05, 4.69) is 11.0 Å². The van der Waals surface area contributed by atoms with Crippen LogP contribution >= 0.6 is 0 Å². The summed E-state index contributed by atoms with van der Waals surface area (Å²) in [5, 5.41) is 4.10. The van der Waals surface area contributed by atoms with Crippen molar-refractivity contribution in [2.45, 2.75) is 6.92 Å². The lowest BCUT2D eigenvalue weighted by atomic mass is 10.3. The van der Waals surface area contributed by atoms with Crippen molar-refractivity contribution < 1.29 is 4.74 Å². The fraction of sp³-hybridized carbons (Fsp3) is 0.375. The van der Waals surface area contributed by atoms with Crippen molar-refractivity contribution in [1.29, 1.82) is 0 Å². The minimum atomic E-state index is 0.644. The highest BCUT2D eigenvalue weighted by Crippen LogP contribution is 2.18. The molecule has 0 atom stereocenters. The van der Waals surface area contributed by atoms with Gasteiger partial charge in [-0.2, -0.15) is 5.10 Å². The van der Waals surface area contributed by atoms with Crippen LogP contribution in [0.3, 0.4) is 0 Å². The highest BCUT2D eigenvalue weighted by atomic mass is 16.5. The molecule has 0 saturated carbocycles. The molecule has 0 saturated heterocycles. The average Bonchev–Trinajstić information content (AvgIpc) is 2.24. The Kier molecular flexibility index (Phi) is 1.86. The first-order valence-electron chi connectivity index (χ1n) is 3.25. The van der Waals surface area contributed by atoms with Crippen LogP contribution in [-0.4, -0.2) is 16.9 Å². The number of aryl methyl sites for hydroxylation is 2. The molecule has 0 aromatic carbocycles. The molecule has 0 amide bonds. The van der Waals surface area contributed by atoms with E-state index in [1.807, 2.05) is 6.92 Å². The van der Waals surface area contributed by atoms with Crippen molar-refractivity contribution in [2.75, 3.05) is 7.11 Å². The van der Waals surface area contributed by atoms with Gasteiger partial charge in [0.15, 0.2) is 0 Å². The van der Waals surface area contributed by atoms with Crippen molar-refractivity contribution in [1.82, 2.24) is 9.78 Å². The Morgan fingerprint density at radius 2 is 2.27 bits per heavy atom. The van der Waals surface area contributed by atoms with E-state index in [9.17, 15) is 0 Å². The predicted octanol–water partition coefficient (Wildman–Crippen LogP) is 0.718. The molecule has 0 radical (unpaired) electrons. The zero-order valence-corrected chi connectivity index (χ0v) is 6.88. The van der Waals surface area contributed by atoms with Gasteiger partial charge in [0.1, 0.15) is 5.56 Å². The molecule has 1 rings (SSSR count). The molecule has 3 heteroatoms. The number of nitrogens with zero attached hydrogens (tertiary/aromatic N) is 2.